The molecule has 0 fully saturated rings. The van der Waals surface area contributed by atoms with Gasteiger partial charge in [0.05, 0.1) is 24.4 Å². The normalized spacial score (nSPS) is 10.7. The van der Waals surface area contributed by atoms with Crippen LogP contribution < -0.4 is 5.32 Å². The van der Waals surface area contributed by atoms with Gasteiger partial charge in [-0.2, -0.15) is 5.10 Å². The van der Waals surface area contributed by atoms with E-state index >= 15 is 0 Å². The summed E-state index contributed by atoms with van der Waals surface area (Å²) in [5.74, 6) is -1.68. The minimum Gasteiger partial charge on any atom is -0.461 e. The average molecular weight is 461 g/mol. The van der Waals surface area contributed by atoms with Crippen LogP contribution >= 0.6 is 0 Å². The maximum absolute atomic E-state index is 13.9. The number of esters is 1. The molecule has 6 nitrogen and oxygen atoms in total. The summed E-state index contributed by atoms with van der Waals surface area (Å²) in [6.07, 6.45) is 0.0821. The molecule has 0 radical (unpaired) electrons. The lowest BCUT2D eigenvalue weighted by atomic mass is 10.1. The van der Waals surface area contributed by atoms with Gasteiger partial charge in [0.2, 0.25) is 5.91 Å². The third-order valence-corrected chi connectivity index (χ3v) is 4.97. The Kier molecular flexibility index (Phi) is 6.77. The maximum atomic E-state index is 13.9. The molecule has 34 heavy (non-hydrogen) atoms. The van der Waals surface area contributed by atoms with Crippen molar-refractivity contribution in [3.63, 3.8) is 0 Å². The SMILES string of the molecule is CCOC(=O)c1cc(-c2cccc(NC(=O)Cc3ccc(F)cc3)c2)n(-c2cccc(F)c2)n1. The van der Waals surface area contributed by atoms with Crippen LogP contribution in [0.4, 0.5) is 14.5 Å². The van der Waals surface area contributed by atoms with Crippen LogP contribution in [0.25, 0.3) is 16.9 Å². The zero-order chi connectivity index (χ0) is 24.1. The van der Waals surface area contributed by atoms with Crippen LogP contribution in [0.15, 0.2) is 78.9 Å². The van der Waals surface area contributed by atoms with Gasteiger partial charge in [-0.05, 0) is 61.0 Å². The summed E-state index contributed by atoms with van der Waals surface area (Å²) in [6, 6.07) is 20.1. The van der Waals surface area contributed by atoms with Crippen molar-refractivity contribution in [2.75, 3.05) is 11.9 Å². The Morgan fingerprint density at radius 3 is 2.44 bits per heavy atom. The number of carbonyl (C=O) groups is 2. The molecule has 4 aromatic rings. The van der Waals surface area contributed by atoms with E-state index in [4.69, 9.17) is 4.74 Å². The molecule has 0 saturated carbocycles. The lowest BCUT2D eigenvalue weighted by Gasteiger charge is -2.10. The summed E-state index contributed by atoms with van der Waals surface area (Å²) < 4.78 is 33.5. The largest absolute Gasteiger partial charge is 0.461 e. The minimum absolute atomic E-state index is 0.0758. The van der Waals surface area contributed by atoms with Crippen LogP contribution in [-0.4, -0.2) is 28.3 Å². The fourth-order valence-electron chi connectivity index (χ4n) is 3.45. The minimum atomic E-state index is -0.595. The van der Waals surface area contributed by atoms with Crippen LogP contribution in [0.5, 0.6) is 0 Å². The third kappa shape index (κ3) is 5.35. The molecule has 3 aromatic carbocycles. The van der Waals surface area contributed by atoms with Gasteiger partial charge < -0.3 is 10.1 Å². The fraction of sp³-hybridized carbons (Fsp3) is 0.115. The Hall–Kier alpha value is -4.33. The number of hydrogen-bond donors (Lipinski definition) is 1. The smallest absolute Gasteiger partial charge is 0.358 e. The first kappa shape index (κ1) is 22.8. The van der Waals surface area contributed by atoms with Crippen molar-refractivity contribution in [1.29, 1.82) is 0 Å². The van der Waals surface area contributed by atoms with Gasteiger partial charge in [-0.1, -0.05) is 30.3 Å². The number of ether oxygens (including phenoxy) is 1. The van der Waals surface area contributed by atoms with Gasteiger partial charge in [0.1, 0.15) is 11.6 Å². The first-order valence-corrected chi connectivity index (χ1v) is 10.6. The maximum Gasteiger partial charge on any atom is 0.358 e. The van der Waals surface area contributed by atoms with E-state index in [1.807, 2.05) is 0 Å². The molecular formula is C26H21F2N3O3. The highest BCUT2D eigenvalue weighted by Gasteiger charge is 2.18. The lowest BCUT2D eigenvalue weighted by Crippen LogP contribution is -2.14. The van der Waals surface area contributed by atoms with Gasteiger partial charge in [-0.3, -0.25) is 4.79 Å². The van der Waals surface area contributed by atoms with Crippen LogP contribution in [0.3, 0.4) is 0 Å². The third-order valence-electron chi connectivity index (χ3n) is 4.97. The average Bonchev–Trinajstić information content (AvgIpc) is 3.27. The number of carbonyl (C=O) groups excluding carboxylic acids is 2. The van der Waals surface area contributed by atoms with E-state index in [1.54, 1.807) is 61.5 Å². The van der Waals surface area contributed by atoms with Gasteiger partial charge in [0, 0.05) is 11.3 Å². The van der Waals surface area contributed by atoms with Gasteiger partial charge in [-0.15, -0.1) is 0 Å². The van der Waals surface area contributed by atoms with E-state index in [-0.39, 0.29) is 30.4 Å². The Balaban J connectivity index is 1.64. The highest BCUT2D eigenvalue weighted by atomic mass is 19.1. The van der Waals surface area contributed by atoms with E-state index in [0.29, 0.717) is 28.2 Å². The number of amides is 1. The summed E-state index contributed by atoms with van der Waals surface area (Å²) in [5.41, 5.74) is 2.87. The number of rotatable bonds is 7. The van der Waals surface area contributed by atoms with Gasteiger partial charge >= 0.3 is 5.97 Å². The second kappa shape index (κ2) is 10.1. The Labute approximate surface area is 194 Å². The molecule has 4 rings (SSSR count). The molecule has 1 aromatic heterocycles. The molecule has 1 N–H and O–H groups in total. The molecule has 8 heteroatoms. The van der Waals surface area contributed by atoms with Crippen molar-refractivity contribution in [2.45, 2.75) is 13.3 Å². The predicted octanol–water partition coefficient (Wildman–Crippen LogP) is 5.18. The van der Waals surface area contributed by atoms with Crippen LogP contribution in [0.1, 0.15) is 23.0 Å². The molecule has 0 aliphatic heterocycles. The summed E-state index contributed by atoms with van der Waals surface area (Å²) in [4.78, 5) is 24.8. The van der Waals surface area contributed by atoms with Crippen molar-refractivity contribution in [3.05, 3.63) is 102 Å². The van der Waals surface area contributed by atoms with Gasteiger partial charge in [-0.25, -0.2) is 18.3 Å². The summed E-state index contributed by atoms with van der Waals surface area (Å²) in [6.45, 7) is 1.89. The molecule has 0 spiro atoms. The van der Waals surface area contributed by atoms with Crippen LogP contribution in [-0.2, 0) is 16.0 Å². The Morgan fingerprint density at radius 2 is 1.71 bits per heavy atom. The van der Waals surface area contributed by atoms with Gasteiger partial charge in [0.15, 0.2) is 5.69 Å². The summed E-state index contributed by atoms with van der Waals surface area (Å²) >= 11 is 0. The van der Waals surface area contributed by atoms with Crippen LogP contribution in [0.2, 0.25) is 0 Å². The van der Waals surface area contributed by atoms with Crippen molar-refractivity contribution in [3.8, 4) is 16.9 Å². The second-order valence-electron chi connectivity index (χ2n) is 7.46. The quantitative estimate of drug-likeness (QED) is 0.385. The first-order valence-electron chi connectivity index (χ1n) is 10.6. The molecule has 0 bridgehead atoms. The molecule has 1 amide bonds. The monoisotopic (exact) mass is 461 g/mol. The number of nitrogens with zero attached hydrogens (tertiary/aromatic N) is 2. The number of hydrogen-bond acceptors (Lipinski definition) is 4. The van der Waals surface area contributed by atoms with Crippen LogP contribution in [0, 0.1) is 11.6 Å². The number of benzene rings is 3. The number of anilines is 1. The van der Waals surface area contributed by atoms with Crippen molar-refractivity contribution >= 4 is 17.6 Å². The molecule has 1 heterocycles. The summed E-state index contributed by atoms with van der Waals surface area (Å²) in [5, 5.41) is 7.15. The second-order valence-corrected chi connectivity index (χ2v) is 7.46. The molecular weight excluding hydrogens is 440 g/mol. The van der Waals surface area contributed by atoms with Crippen molar-refractivity contribution in [2.24, 2.45) is 0 Å². The highest BCUT2D eigenvalue weighted by Crippen LogP contribution is 2.27. The van der Waals surface area contributed by atoms with Crippen molar-refractivity contribution < 1.29 is 23.1 Å². The molecule has 0 aliphatic carbocycles. The van der Waals surface area contributed by atoms with E-state index in [1.165, 1.54) is 28.9 Å². The van der Waals surface area contributed by atoms with E-state index in [0.717, 1.165) is 0 Å². The summed E-state index contributed by atoms with van der Waals surface area (Å²) in [7, 11) is 0. The molecule has 0 unspecified atom stereocenters. The number of halogens is 2. The zero-order valence-corrected chi connectivity index (χ0v) is 18.3. The van der Waals surface area contributed by atoms with E-state index in [9.17, 15) is 18.4 Å². The van der Waals surface area contributed by atoms with Gasteiger partial charge in [0.25, 0.3) is 0 Å². The van der Waals surface area contributed by atoms with E-state index in [2.05, 4.69) is 10.4 Å². The van der Waals surface area contributed by atoms with E-state index < -0.39 is 11.8 Å². The molecule has 0 atom stereocenters. The molecule has 0 aliphatic rings. The highest BCUT2D eigenvalue weighted by molar-refractivity contribution is 5.93. The fourth-order valence-corrected chi connectivity index (χ4v) is 3.45. The number of nitrogens with one attached hydrogen (secondary N) is 1. The molecule has 0 saturated heterocycles. The molecule has 172 valence electrons. The Bertz CT molecular complexity index is 1330. The Morgan fingerprint density at radius 1 is 0.941 bits per heavy atom. The number of aromatic nitrogens is 2. The van der Waals surface area contributed by atoms with Crippen molar-refractivity contribution in [1.82, 2.24) is 9.78 Å². The topological polar surface area (TPSA) is 73.2 Å². The zero-order valence-electron chi connectivity index (χ0n) is 18.3. The predicted molar refractivity (Wildman–Crippen MR) is 124 cm³/mol. The first-order chi connectivity index (χ1) is 16.4. The lowest BCUT2D eigenvalue weighted by molar-refractivity contribution is -0.115. The standard InChI is InChI=1S/C26H21F2N3O3/c1-2-34-26(33)23-16-24(31(30-23)22-8-4-6-20(28)15-22)18-5-3-7-21(14-18)29-25(32)13-17-9-11-19(27)12-10-17/h3-12,14-16H,2,13H2,1H3,(H,29,32).